The van der Waals surface area contributed by atoms with Gasteiger partial charge in [0, 0.05) is 6.42 Å². The molecule has 102 valence electrons. The molecular weight excluding hydrogens is 238 g/mol. The summed E-state index contributed by atoms with van der Waals surface area (Å²) in [6, 6.07) is 7.96. The predicted molar refractivity (Wildman–Crippen MR) is 74.9 cm³/mol. The molecule has 0 saturated heterocycles. The number of rotatable bonds is 5. The zero-order chi connectivity index (χ0) is 13.8. The third-order valence-electron chi connectivity index (χ3n) is 3.19. The summed E-state index contributed by atoms with van der Waals surface area (Å²) in [5, 5.41) is 3.96. The average Bonchev–Trinajstić information content (AvgIpc) is 2.87. The van der Waals surface area contributed by atoms with E-state index in [1.54, 1.807) is 0 Å². The number of aryl methyl sites for hydroxylation is 1. The largest absolute Gasteiger partial charge is 0.339 e. The number of nitrogens with two attached hydrogens (primary N) is 1. The first-order valence-electron chi connectivity index (χ1n) is 6.79. The van der Waals surface area contributed by atoms with Crippen LogP contribution in [0.25, 0.3) is 0 Å². The highest BCUT2D eigenvalue weighted by atomic mass is 16.5. The summed E-state index contributed by atoms with van der Waals surface area (Å²) in [6.07, 6.45) is 1.78. The third-order valence-corrected chi connectivity index (χ3v) is 3.19. The van der Waals surface area contributed by atoms with Crippen LogP contribution in [-0.2, 0) is 6.42 Å². The molecule has 0 saturated carbocycles. The SMILES string of the molecule is CCCc1nc(C(N)c2ccc(C(C)C)cc2)no1. The van der Waals surface area contributed by atoms with Crippen LogP contribution in [0.3, 0.4) is 0 Å². The summed E-state index contributed by atoms with van der Waals surface area (Å²) in [5.41, 5.74) is 8.48. The van der Waals surface area contributed by atoms with Gasteiger partial charge >= 0.3 is 0 Å². The Morgan fingerprint density at radius 2 is 1.79 bits per heavy atom. The Morgan fingerprint density at radius 1 is 1.16 bits per heavy atom. The van der Waals surface area contributed by atoms with E-state index in [4.69, 9.17) is 10.3 Å². The van der Waals surface area contributed by atoms with Crippen LogP contribution in [0, 0.1) is 0 Å². The minimum absolute atomic E-state index is 0.324. The molecule has 1 unspecified atom stereocenters. The molecule has 2 aromatic rings. The van der Waals surface area contributed by atoms with Crippen molar-refractivity contribution in [2.45, 2.75) is 45.6 Å². The van der Waals surface area contributed by atoms with Crippen LogP contribution in [0.5, 0.6) is 0 Å². The first-order valence-corrected chi connectivity index (χ1v) is 6.79. The summed E-state index contributed by atoms with van der Waals surface area (Å²) in [6.45, 7) is 6.42. The molecular formula is C15H21N3O. The summed E-state index contributed by atoms with van der Waals surface area (Å²) >= 11 is 0. The molecule has 0 aliphatic carbocycles. The lowest BCUT2D eigenvalue weighted by atomic mass is 9.99. The van der Waals surface area contributed by atoms with E-state index in [2.05, 4.69) is 43.0 Å². The molecule has 1 aromatic heterocycles. The standard InChI is InChI=1S/C15H21N3O/c1-4-5-13-17-15(18-19-13)14(16)12-8-6-11(7-9-12)10(2)3/h6-10,14H,4-5,16H2,1-3H3. The van der Waals surface area contributed by atoms with Gasteiger partial charge in [0.15, 0.2) is 5.82 Å². The summed E-state index contributed by atoms with van der Waals surface area (Å²) in [4.78, 5) is 4.33. The van der Waals surface area contributed by atoms with Gasteiger partial charge in [-0.2, -0.15) is 4.98 Å². The molecule has 2 rings (SSSR count). The molecule has 0 aliphatic heterocycles. The van der Waals surface area contributed by atoms with Crippen molar-refractivity contribution in [1.82, 2.24) is 10.1 Å². The molecule has 4 heteroatoms. The van der Waals surface area contributed by atoms with Crippen molar-refractivity contribution in [3.63, 3.8) is 0 Å². The first-order chi connectivity index (χ1) is 9.11. The Labute approximate surface area is 114 Å². The van der Waals surface area contributed by atoms with Crippen LogP contribution in [0.1, 0.15) is 62.0 Å². The van der Waals surface area contributed by atoms with E-state index in [1.165, 1.54) is 5.56 Å². The van der Waals surface area contributed by atoms with Crippen molar-refractivity contribution >= 4 is 0 Å². The number of nitrogens with zero attached hydrogens (tertiary/aromatic N) is 2. The smallest absolute Gasteiger partial charge is 0.226 e. The molecule has 2 N–H and O–H groups in total. The topological polar surface area (TPSA) is 64.9 Å². The molecule has 0 amide bonds. The Morgan fingerprint density at radius 3 is 2.37 bits per heavy atom. The van der Waals surface area contributed by atoms with Gasteiger partial charge in [-0.3, -0.25) is 0 Å². The number of hydrogen-bond donors (Lipinski definition) is 1. The van der Waals surface area contributed by atoms with Crippen molar-refractivity contribution in [3.05, 3.63) is 47.1 Å². The van der Waals surface area contributed by atoms with Gasteiger partial charge in [-0.25, -0.2) is 0 Å². The van der Waals surface area contributed by atoms with E-state index < -0.39 is 0 Å². The van der Waals surface area contributed by atoms with Gasteiger partial charge in [0.05, 0.1) is 6.04 Å². The minimum atomic E-state index is -0.324. The lowest BCUT2D eigenvalue weighted by Crippen LogP contribution is -2.13. The predicted octanol–water partition coefficient (Wildman–Crippen LogP) is 3.19. The van der Waals surface area contributed by atoms with Crippen LogP contribution in [0.4, 0.5) is 0 Å². The second-order valence-corrected chi connectivity index (χ2v) is 5.10. The third kappa shape index (κ3) is 3.20. The molecule has 0 radical (unpaired) electrons. The van der Waals surface area contributed by atoms with Gasteiger partial charge in [-0.15, -0.1) is 0 Å². The Balaban J connectivity index is 2.15. The first kappa shape index (κ1) is 13.7. The molecule has 1 aromatic carbocycles. The van der Waals surface area contributed by atoms with Crippen LogP contribution in [0.2, 0.25) is 0 Å². The minimum Gasteiger partial charge on any atom is -0.339 e. The monoisotopic (exact) mass is 259 g/mol. The van der Waals surface area contributed by atoms with E-state index in [0.29, 0.717) is 17.6 Å². The second kappa shape index (κ2) is 5.97. The molecule has 19 heavy (non-hydrogen) atoms. The second-order valence-electron chi connectivity index (χ2n) is 5.10. The molecule has 4 nitrogen and oxygen atoms in total. The normalized spacial score (nSPS) is 12.9. The Hall–Kier alpha value is -1.68. The zero-order valence-corrected chi connectivity index (χ0v) is 11.8. The fourth-order valence-electron chi connectivity index (χ4n) is 1.95. The van der Waals surface area contributed by atoms with Crippen LogP contribution < -0.4 is 5.73 Å². The molecule has 1 atom stereocenters. The summed E-state index contributed by atoms with van der Waals surface area (Å²) in [5.74, 6) is 1.74. The van der Waals surface area contributed by atoms with Crippen molar-refractivity contribution in [2.24, 2.45) is 5.73 Å². The maximum atomic E-state index is 6.17. The van der Waals surface area contributed by atoms with E-state index >= 15 is 0 Å². The van der Waals surface area contributed by atoms with Gasteiger partial charge in [-0.05, 0) is 23.5 Å². The summed E-state index contributed by atoms with van der Waals surface area (Å²) in [7, 11) is 0. The van der Waals surface area contributed by atoms with E-state index in [-0.39, 0.29) is 6.04 Å². The van der Waals surface area contributed by atoms with Crippen molar-refractivity contribution in [2.75, 3.05) is 0 Å². The van der Waals surface area contributed by atoms with E-state index in [1.807, 2.05) is 12.1 Å². The van der Waals surface area contributed by atoms with Crippen LogP contribution in [-0.4, -0.2) is 10.1 Å². The fraction of sp³-hybridized carbons (Fsp3) is 0.467. The number of hydrogen-bond acceptors (Lipinski definition) is 4. The lowest BCUT2D eigenvalue weighted by Gasteiger charge is -2.10. The maximum absolute atomic E-state index is 6.17. The molecule has 0 fully saturated rings. The fourth-order valence-corrected chi connectivity index (χ4v) is 1.95. The highest BCUT2D eigenvalue weighted by molar-refractivity contribution is 5.29. The van der Waals surface area contributed by atoms with Gasteiger partial charge in [0.25, 0.3) is 0 Å². The highest BCUT2D eigenvalue weighted by Gasteiger charge is 2.16. The molecule has 0 spiro atoms. The van der Waals surface area contributed by atoms with Gasteiger partial charge in [0.1, 0.15) is 0 Å². The molecule has 1 heterocycles. The Bertz CT molecular complexity index is 516. The lowest BCUT2D eigenvalue weighted by molar-refractivity contribution is 0.370. The van der Waals surface area contributed by atoms with E-state index in [9.17, 15) is 0 Å². The summed E-state index contributed by atoms with van der Waals surface area (Å²) < 4.78 is 5.17. The van der Waals surface area contributed by atoms with Gasteiger partial charge in [-0.1, -0.05) is 50.2 Å². The van der Waals surface area contributed by atoms with Gasteiger partial charge in [0.2, 0.25) is 5.89 Å². The molecule has 0 aliphatic rings. The Kier molecular flexibility index (Phi) is 4.32. The van der Waals surface area contributed by atoms with Crippen LogP contribution >= 0.6 is 0 Å². The van der Waals surface area contributed by atoms with Crippen molar-refractivity contribution in [3.8, 4) is 0 Å². The number of benzene rings is 1. The number of aromatic nitrogens is 2. The zero-order valence-electron chi connectivity index (χ0n) is 11.8. The average molecular weight is 259 g/mol. The van der Waals surface area contributed by atoms with Crippen LogP contribution in [0.15, 0.2) is 28.8 Å². The highest BCUT2D eigenvalue weighted by Crippen LogP contribution is 2.20. The van der Waals surface area contributed by atoms with Crippen molar-refractivity contribution in [1.29, 1.82) is 0 Å². The van der Waals surface area contributed by atoms with Crippen molar-refractivity contribution < 1.29 is 4.52 Å². The van der Waals surface area contributed by atoms with E-state index in [0.717, 1.165) is 18.4 Å². The maximum Gasteiger partial charge on any atom is 0.226 e. The van der Waals surface area contributed by atoms with Gasteiger partial charge < -0.3 is 10.3 Å². The molecule has 0 bridgehead atoms. The quantitative estimate of drug-likeness (QED) is 0.895.